The molecular weight excluding hydrogens is 345 g/mol. The van der Waals surface area contributed by atoms with Crippen LogP contribution in [0.4, 0.5) is 19.0 Å². The zero-order valence-corrected chi connectivity index (χ0v) is 13.2. The molecule has 0 atom stereocenters. The van der Waals surface area contributed by atoms with E-state index in [9.17, 15) is 13.2 Å². The van der Waals surface area contributed by atoms with Crippen molar-refractivity contribution in [2.45, 2.75) is 6.18 Å². The number of alkyl halides is 3. The highest BCUT2D eigenvalue weighted by Crippen LogP contribution is 2.29. The molecule has 0 unspecified atom stereocenters. The molecule has 0 spiro atoms. The summed E-state index contributed by atoms with van der Waals surface area (Å²) in [5.74, 6) is 1.08. The molecule has 2 heterocycles. The van der Waals surface area contributed by atoms with Gasteiger partial charge in [-0.15, -0.1) is 0 Å². The van der Waals surface area contributed by atoms with Crippen LogP contribution in [0, 0.1) is 11.3 Å². The number of rotatable bonds is 4. The van der Waals surface area contributed by atoms with E-state index < -0.39 is 11.7 Å². The van der Waals surface area contributed by atoms with Crippen molar-refractivity contribution in [2.24, 2.45) is 5.10 Å². The summed E-state index contributed by atoms with van der Waals surface area (Å²) in [4.78, 5) is 3.64. The van der Waals surface area contributed by atoms with Crippen molar-refractivity contribution >= 4 is 12.0 Å². The summed E-state index contributed by atoms with van der Waals surface area (Å²) in [7, 11) is 0. The van der Waals surface area contributed by atoms with Crippen LogP contribution in [0.15, 0.2) is 64.2 Å². The first-order chi connectivity index (χ1) is 12.5. The first-order valence-corrected chi connectivity index (χ1v) is 7.39. The average Bonchev–Trinajstić information content (AvgIpc) is 3.10. The standard InChI is InChI=1S/C18H11F3N4O/c19-18(20,21)13-5-8-17(23-10-13)25-24-11-14-6-7-16(26-14)15-4-2-1-3-12(15)9-22/h1-8,10-11H,(H,23,25)/b24-11-. The third kappa shape index (κ3) is 3.89. The van der Waals surface area contributed by atoms with Crippen LogP contribution in [0.25, 0.3) is 11.3 Å². The van der Waals surface area contributed by atoms with E-state index in [1.54, 1.807) is 36.4 Å². The number of aromatic nitrogens is 1. The Labute approximate surface area is 146 Å². The first-order valence-electron chi connectivity index (χ1n) is 7.39. The van der Waals surface area contributed by atoms with Gasteiger partial charge >= 0.3 is 6.18 Å². The lowest BCUT2D eigenvalue weighted by atomic mass is 10.1. The van der Waals surface area contributed by atoms with Gasteiger partial charge in [-0.2, -0.15) is 23.5 Å². The van der Waals surface area contributed by atoms with Crippen LogP contribution in [0.5, 0.6) is 0 Å². The zero-order chi connectivity index (χ0) is 18.6. The Balaban J connectivity index is 1.69. The van der Waals surface area contributed by atoms with Gasteiger partial charge in [0.1, 0.15) is 17.3 Å². The van der Waals surface area contributed by atoms with Gasteiger partial charge in [-0.1, -0.05) is 12.1 Å². The molecule has 0 amide bonds. The van der Waals surface area contributed by atoms with Crippen LogP contribution >= 0.6 is 0 Å². The van der Waals surface area contributed by atoms with Crippen LogP contribution in [0.1, 0.15) is 16.9 Å². The topological polar surface area (TPSA) is 74.2 Å². The van der Waals surface area contributed by atoms with Crippen molar-refractivity contribution in [1.82, 2.24) is 4.98 Å². The normalized spacial score (nSPS) is 11.5. The van der Waals surface area contributed by atoms with E-state index in [-0.39, 0.29) is 5.82 Å². The molecule has 8 heteroatoms. The quantitative estimate of drug-likeness (QED) is 0.544. The second-order valence-corrected chi connectivity index (χ2v) is 5.16. The average molecular weight is 356 g/mol. The van der Waals surface area contributed by atoms with Crippen molar-refractivity contribution in [2.75, 3.05) is 5.43 Å². The van der Waals surface area contributed by atoms with E-state index >= 15 is 0 Å². The fourth-order valence-corrected chi connectivity index (χ4v) is 2.15. The molecule has 26 heavy (non-hydrogen) atoms. The number of benzene rings is 1. The minimum absolute atomic E-state index is 0.163. The summed E-state index contributed by atoms with van der Waals surface area (Å²) in [6.07, 6.45) is -2.35. The summed E-state index contributed by atoms with van der Waals surface area (Å²) in [5, 5.41) is 13.0. The molecule has 3 rings (SSSR count). The van der Waals surface area contributed by atoms with Gasteiger partial charge in [0.05, 0.1) is 23.4 Å². The Morgan fingerprint density at radius 2 is 1.92 bits per heavy atom. The lowest BCUT2D eigenvalue weighted by Crippen LogP contribution is -2.05. The van der Waals surface area contributed by atoms with Gasteiger partial charge in [0.25, 0.3) is 0 Å². The van der Waals surface area contributed by atoms with E-state index in [2.05, 4.69) is 21.6 Å². The Hall–Kier alpha value is -3.60. The maximum absolute atomic E-state index is 12.5. The summed E-state index contributed by atoms with van der Waals surface area (Å²) < 4.78 is 43.0. The number of hydrogen-bond acceptors (Lipinski definition) is 5. The monoisotopic (exact) mass is 356 g/mol. The third-order valence-electron chi connectivity index (χ3n) is 3.40. The van der Waals surface area contributed by atoms with Crippen molar-refractivity contribution in [3.8, 4) is 17.4 Å². The van der Waals surface area contributed by atoms with Crippen LogP contribution in [-0.2, 0) is 6.18 Å². The Bertz CT molecular complexity index is 969. The highest BCUT2D eigenvalue weighted by atomic mass is 19.4. The predicted molar refractivity (Wildman–Crippen MR) is 89.3 cm³/mol. The molecular formula is C18H11F3N4O. The number of pyridine rings is 1. The number of hydrogen-bond donors (Lipinski definition) is 1. The summed E-state index contributed by atoms with van der Waals surface area (Å²) in [6, 6.07) is 14.5. The van der Waals surface area contributed by atoms with E-state index in [0.29, 0.717) is 22.6 Å². The molecule has 0 fully saturated rings. The van der Waals surface area contributed by atoms with Crippen molar-refractivity contribution < 1.29 is 17.6 Å². The number of halogens is 3. The molecule has 0 aliphatic heterocycles. The summed E-state index contributed by atoms with van der Waals surface area (Å²) in [6.45, 7) is 0. The molecule has 0 saturated carbocycles. The van der Waals surface area contributed by atoms with Crippen molar-refractivity contribution in [1.29, 1.82) is 5.26 Å². The molecule has 0 aliphatic rings. The van der Waals surface area contributed by atoms with Gasteiger partial charge in [0.15, 0.2) is 0 Å². The van der Waals surface area contributed by atoms with E-state index in [0.717, 1.165) is 12.3 Å². The molecule has 3 aromatic rings. The largest absolute Gasteiger partial charge is 0.455 e. The second-order valence-electron chi connectivity index (χ2n) is 5.16. The molecule has 2 aromatic heterocycles. The minimum Gasteiger partial charge on any atom is -0.455 e. The number of hydrazone groups is 1. The van der Waals surface area contributed by atoms with E-state index in [4.69, 9.17) is 9.68 Å². The summed E-state index contributed by atoms with van der Waals surface area (Å²) in [5.41, 5.74) is 2.83. The smallest absolute Gasteiger partial charge is 0.417 e. The van der Waals surface area contributed by atoms with E-state index in [1.165, 1.54) is 12.3 Å². The number of furan rings is 1. The zero-order valence-electron chi connectivity index (χ0n) is 13.2. The molecule has 130 valence electrons. The maximum Gasteiger partial charge on any atom is 0.417 e. The Morgan fingerprint density at radius 3 is 2.62 bits per heavy atom. The fourth-order valence-electron chi connectivity index (χ4n) is 2.15. The van der Waals surface area contributed by atoms with Crippen LogP contribution in [0.3, 0.4) is 0 Å². The van der Waals surface area contributed by atoms with Crippen molar-refractivity contribution in [3.05, 3.63) is 71.6 Å². The van der Waals surface area contributed by atoms with E-state index in [1.807, 2.05) is 0 Å². The molecule has 1 N–H and O–H groups in total. The predicted octanol–water partition coefficient (Wildman–Crippen LogP) is 4.68. The number of nitrogens with one attached hydrogen (secondary N) is 1. The minimum atomic E-state index is -4.43. The maximum atomic E-state index is 12.5. The Kier molecular flexibility index (Phi) is 4.71. The lowest BCUT2D eigenvalue weighted by Gasteiger charge is -2.06. The van der Waals surface area contributed by atoms with Gasteiger partial charge < -0.3 is 4.42 Å². The Morgan fingerprint density at radius 1 is 1.12 bits per heavy atom. The molecule has 1 aromatic carbocycles. The molecule has 0 bridgehead atoms. The second kappa shape index (κ2) is 7.11. The summed E-state index contributed by atoms with van der Waals surface area (Å²) >= 11 is 0. The van der Waals surface area contributed by atoms with Crippen LogP contribution < -0.4 is 5.43 Å². The number of nitrogens with zero attached hydrogens (tertiary/aromatic N) is 3. The highest BCUT2D eigenvalue weighted by molar-refractivity contribution is 5.78. The molecule has 0 radical (unpaired) electrons. The van der Waals surface area contributed by atoms with Gasteiger partial charge in [-0.25, -0.2) is 4.98 Å². The lowest BCUT2D eigenvalue weighted by molar-refractivity contribution is -0.137. The molecule has 0 aliphatic carbocycles. The molecule has 5 nitrogen and oxygen atoms in total. The molecule has 0 saturated heterocycles. The van der Waals surface area contributed by atoms with Crippen molar-refractivity contribution in [3.63, 3.8) is 0 Å². The van der Waals surface area contributed by atoms with Gasteiger partial charge in [-0.05, 0) is 36.4 Å². The highest BCUT2D eigenvalue weighted by Gasteiger charge is 2.30. The van der Waals surface area contributed by atoms with Crippen LogP contribution in [0.2, 0.25) is 0 Å². The fraction of sp³-hybridized carbons (Fsp3) is 0.0556. The number of nitriles is 1. The first kappa shape index (κ1) is 17.2. The number of anilines is 1. The van der Waals surface area contributed by atoms with Gasteiger partial charge in [-0.3, -0.25) is 5.43 Å². The van der Waals surface area contributed by atoms with Gasteiger partial charge in [0, 0.05) is 11.8 Å². The SMILES string of the molecule is N#Cc1ccccc1-c1ccc(/C=N\Nc2ccc(C(F)(F)F)cn2)o1. The van der Waals surface area contributed by atoms with Gasteiger partial charge in [0.2, 0.25) is 0 Å². The van der Waals surface area contributed by atoms with Crippen LogP contribution in [-0.4, -0.2) is 11.2 Å². The third-order valence-corrected chi connectivity index (χ3v) is 3.40.